The summed E-state index contributed by atoms with van der Waals surface area (Å²) in [6.45, 7) is 5.68. The Morgan fingerprint density at radius 2 is 2.00 bits per heavy atom. The van der Waals surface area contributed by atoms with Gasteiger partial charge in [0, 0.05) is 31.1 Å². The normalized spacial score (nSPS) is 17.1. The number of carbonyl (C=O) groups excluding carboxylic acids is 1. The summed E-state index contributed by atoms with van der Waals surface area (Å²) in [6, 6.07) is 13.8. The highest BCUT2D eigenvalue weighted by molar-refractivity contribution is 5.94. The summed E-state index contributed by atoms with van der Waals surface area (Å²) in [5.74, 6) is 1.09. The third-order valence-corrected chi connectivity index (χ3v) is 4.62. The van der Waals surface area contributed by atoms with Crippen molar-refractivity contribution in [1.82, 2.24) is 10.6 Å². The van der Waals surface area contributed by atoms with Crippen molar-refractivity contribution in [2.75, 3.05) is 25.0 Å². The Hall–Kier alpha value is -3.09. The number of benzene rings is 2. The van der Waals surface area contributed by atoms with Crippen LogP contribution in [0.5, 0.6) is 5.75 Å². The highest BCUT2D eigenvalue weighted by Gasteiger charge is 2.24. The molecule has 0 saturated heterocycles. The quantitative estimate of drug-likeness (QED) is 0.494. The Morgan fingerprint density at radius 1 is 1.24 bits per heavy atom. The van der Waals surface area contributed by atoms with Crippen molar-refractivity contribution in [2.24, 2.45) is 4.99 Å². The summed E-state index contributed by atoms with van der Waals surface area (Å²) in [5, 5.41) is 9.47. The van der Waals surface area contributed by atoms with E-state index in [1.165, 1.54) is 12.1 Å². The third kappa shape index (κ3) is 5.94. The number of hydrogen-bond acceptors (Lipinski definition) is 3. The molecule has 0 fully saturated rings. The van der Waals surface area contributed by atoms with Crippen LogP contribution < -0.4 is 20.7 Å². The van der Waals surface area contributed by atoms with E-state index in [0.717, 1.165) is 17.8 Å². The zero-order valence-electron chi connectivity index (χ0n) is 16.7. The smallest absolute Gasteiger partial charge is 0.225 e. The molecule has 154 valence electrons. The maximum Gasteiger partial charge on any atom is 0.225 e. The van der Waals surface area contributed by atoms with Crippen LogP contribution >= 0.6 is 0 Å². The molecule has 0 aromatic heterocycles. The van der Waals surface area contributed by atoms with E-state index in [-0.39, 0.29) is 23.7 Å². The minimum absolute atomic E-state index is 0.0266. The van der Waals surface area contributed by atoms with Gasteiger partial charge in [0.2, 0.25) is 5.91 Å². The van der Waals surface area contributed by atoms with Gasteiger partial charge in [0.1, 0.15) is 17.7 Å². The molecule has 1 amide bonds. The predicted molar refractivity (Wildman–Crippen MR) is 113 cm³/mol. The lowest BCUT2D eigenvalue weighted by Crippen LogP contribution is -2.41. The van der Waals surface area contributed by atoms with Gasteiger partial charge in [0.15, 0.2) is 5.96 Å². The Labute approximate surface area is 170 Å². The van der Waals surface area contributed by atoms with Gasteiger partial charge in [-0.05, 0) is 49.7 Å². The van der Waals surface area contributed by atoms with Crippen LogP contribution in [0, 0.1) is 5.82 Å². The lowest BCUT2D eigenvalue weighted by atomic mass is 9.90. The van der Waals surface area contributed by atoms with Crippen molar-refractivity contribution in [1.29, 1.82) is 0 Å². The van der Waals surface area contributed by atoms with Gasteiger partial charge in [-0.2, -0.15) is 0 Å². The number of aliphatic imine (C=N–C) groups is 1. The van der Waals surface area contributed by atoms with Gasteiger partial charge in [-0.3, -0.25) is 4.79 Å². The van der Waals surface area contributed by atoms with Gasteiger partial charge in [-0.25, -0.2) is 9.38 Å². The van der Waals surface area contributed by atoms with Crippen molar-refractivity contribution in [2.45, 2.75) is 32.3 Å². The van der Waals surface area contributed by atoms with Crippen molar-refractivity contribution in [3.63, 3.8) is 0 Å². The Balaban J connectivity index is 1.58. The fourth-order valence-corrected chi connectivity index (χ4v) is 3.25. The number of anilines is 1. The van der Waals surface area contributed by atoms with Crippen LogP contribution in [0.1, 0.15) is 31.7 Å². The summed E-state index contributed by atoms with van der Waals surface area (Å²) in [6.07, 6.45) is 0.269. The molecule has 1 aliphatic heterocycles. The maximum atomic E-state index is 13.0. The average Bonchev–Trinajstić information content (AvgIpc) is 2.71. The maximum absolute atomic E-state index is 13.0. The van der Waals surface area contributed by atoms with E-state index in [1.54, 1.807) is 12.1 Å². The van der Waals surface area contributed by atoms with E-state index in [1.807, 2.05) is 38.1 Å². The molecule has 1 aliphatic rings. The monoisotopic (exact) mass is 398 g/mol. The van der Waals surface area contributed by atoms with Crippen LogP contribution in [-0.4, -0.2) is 37.6 Å². The number of amides is 1. The Kier molecular flexibility index (Phi) is 7.05. The van der Waals surface area contributed by atoms with Gasteiger partial charge >= 0.3 is 0 Å². The van der Waals surface area contributed by atoms with Crippen molar-refractivity contribution in [3.05, 3.63) is 59.9 Å². The highest BCUT2D eigenvalue weighted by atomic mass is 19.1. The molecule has 29 heavy (non-hydrogen) atoms. The van der Waals surface area contributed by atoms with Gasteiger partial charge in [-0.1, -0.05) is 18.2 Å². The molecule has 0 saturated carbocycles. The number of rotatable bonds is 7. The molecule has 3 N–H and O–H groups in total. The molecule has 2 aromatic rings. The molecule has 3 rings (SSSR count). The molecule has 0 radical (unpaired) electrons. The summed E-state index contributed by atoms with van der Waals surface area (Å²) >= 11 is 0. The molecule has 2 aromatic carbocycles. The predicted octanol–water partition coefficient (Wildman–Crippen LogP) is 3.27. The standard InChI is InChI=1S/C22H27FN4O2/c1-3-24-22(25-13-15(2)29-18-10-8-17(23)9-11-18)26-14-16-12-21(28)27-20-7-5-4-6-19(16)20/h4-11,15-16H,3,12-14H2,1-2H3,(H,27,28)(H2,24,25,26). The van der Waals surface area contributed by atoms with Crippen LogP contribution in [0.25, 0.3) is 0 Å². The minimum Gasteiger partial charge on any atom is -0.489 e. The van der Waals surface area contributed by atoms with E-state index in [4.69, 9.17) is 4.74 Å². The lowest BCUT2D eigenvalue weighted by molar-refractivity contribution is -0.116. The fraction of sp³-hybridized carbons (Fsp3) is 0.364. The third-order valence-electron chi connectivity index (χ3n) is 4.62. The number of guanidine groups is 1. The van der Waals surface area contributed by atoms with Gasteiger partial charge in [-0.15, -0.1) is 0 Å². The second-order valence-electron chi connectivity index (χ2n) is 7.02. The SMILES string of the molecule is CCNC(=NCC(C)Oc1ccc(F)cc1)NCC1CC(=O)Nc2ccccc21. The molecular weight excluding hydrogens is 371 g/mol. The zero-order valence-corrected chi connectivity index (χ0v) is 16.7. The lowest BCUT2D eigenvalue weighted by Gasteiger charge is -2.26. The first-order valence-electron chi connectivity index (χ1n) is 9.88. The molecule has 7 heteroatoms. The number of ether oxygens (including phenoxy) is 1. The molecule has 0 bridgehead atoms. The highest BCUT2D eigenvalue weighted by Crippen LogP contribution is 2.31. The van der Waals surface area contributed by atoms with Crippen molar-refractivity contribution in [3.8, 4) is 5.75 Å². The molecular formula is C22H27FN4O2. The topological polar surface area (TPSA) is 74.8 Å². The number of nitrogens with one attached hydrogen (secondary N) is 3. The van der Waals surface area contributed by atoms with Crippen LogP contribution in [-0.2, 0) is 4.79 Å². The summed E-state index contributed by atoms with van der Waals surface area (Å²) in [5.41, 5.74) is 2.00. The van der Waals surface area contributed by atoms with Crippen molar-refractivity contribution < 1.29 is 13.9 Å². The van der Waals surface area contributed by atoms with Crippen LogP contribution in [0.3, 0.4) is 0 Å². The van der Waals surface area contributed by atoms with Crippen molar-refractivity contribution >= 4 is 17.6 Å². The largest absolute Gasteiger partial charge is 0.489 e. The average molecular weight is 398 g/mol. The number of carbonyl (C=O) groups is 1. The van der Waals surface area contributed by atoms with Crippen LogP contribution in [0.2, 0.25) is 0 Å². The first-order valence-corrected chi connectivity index (χ1v) is 9.88. The molecule has 0 aliphatic carbocycles. The second kappa shape index (κ2) is 9.91. The number of hydrogen-bond donors (Lipinski definition) is 3. The van der Waals surface area contributed by atoms with Gasteiger partial charge in [0.05, 0.1) is 6.54 Å². The molecule has 2 atom stereocenters. The summed E-state index contributed by atoms with van der Waals surface area (Å²) < 4.78 is 18.8. The molecule has 6 nitrogen and oxygen atoms in total. The summed E-state index contributed by atoms with van der Waals surface area (Å²) in [7, 11) is 0. The summed E-state index contributed by atoms with van der Waals surface area (Å²) in [4.78, 5) is 16.6. The number of halogens is 1. The van der Waals surface area contributed by atoms with Crippen LogP contribution in [0.4, 0.5) is 10.1 Å². The number of nitrogens with zero attached hydrogens (tertiary/aromatic N) is 1. The van der Waals surface area contributed by atoms with Crippen LogP contribution in [0.15, 0.2) is 53.5 Å². The Bertz CT molecular complexity index is 854. The van der Waals surface area contributed by atoms with Gasteiger partial charge < -0.3 is 20.7 Å². The Morgan fingerprint density at radius 3 is 2.76 bits per heavy atom. The number of para-hydroxylation sites is 1. The molecule has 0 spiro atoms. The van der Waals surface area contributed by atoms with E-state index >= 15 is 0 Å². The molecule has 1 heterocycles. The first kappa shape index (κ1) is 20.6. The minimum atomic E-state index is -0.292. The first-order chi connectivity index (χ1) is 14.0. The molecule has 2 unspecified atom stereocenters. The van der Waals surface area contributed by atoms with E-state index in [9.17, 15) is 9.18 Å². The zero-order chi connectivity index (χ0) is 20.6. The second-order valence-corrected chi connectivity index (χ2v) is 7.02. The van der Waals surface area contributed by atoms with E-state index in [0.29, 0.717) is 31.2 Å². The van der Waals surface area contributed by atoms with E-state index in [2.05, 4.69) is 20.9 Å². The van der Waals surface area contributed by atoms with E-state index < -0.39 is 0 Å². The van der Waals surface area contributed by atoms with Gasteiger partial charge in [0.25, 0.3) is 0 Å². The fourth-order valence-electron chi connectivity index (χ4n) is 3.25. The number of fused-ring (bicyclic) bond motifs is 1.